The summed E-state index contributed by atoms with van der Waals surface area (Å²) in [7, 11) is 6.33. The van der Waals surface area contributed by atoms with Crippen LogP contribution in [-0.2, 0) is 27.1 Å². The summed E-state index contributed by atoms with van der Waals surface area (Å²) in [5.74, 6) is 1.42. The Morgan fingerprint density at radius 1 is 1.10 bits per heavy atom. The summed E-state index contributed by atoms with van der Waals surface area (Å²) >= 11 is 0. The highest BCUT2D eigenvalue weighted by molar-refractivity contribution is 5.69. The molecule has 3 aromatic rings. The fourth-order valence-corrected chi connectivity index (χ4v) is 3.43. The van der Waals surface area contributed by atoms with Gasteiger partial charge in [-0.3, -0.25) is 13.9 Å². The third-order valence-corrected chi connectivity index (χ3v) is 5.05. The van der Waals surface area contributed by atoms with Gasteiger partial charge in [0.25, 0.3) is 5.56 Å². The van der Waals surface area contributed by atoms with Gasteiger partial charge in [-0.05, 0) is 31.0 Å². The Labute approximate surface area is 168 Å². The Morgan fingerprint density at radius 3 is 2.52 bits per heavy atom. The van der Waals surface area contributed by atoms with Crippen LogP contribution in [0.5, 0.6) is 11.5 Å². The fraction of sp³-hybridized carbons (Fsp3) is 0.450. The van der Waals surface area contributed by atoms with Gasteiger partial charge in [-0.15, -0.1) is 0 Å². The van der Waals surface area contributed by atoms with Crippen LogP contribution in [0, 0.1) is 0 Å². The molecule has 156 valence electrons. The van der Waals surface area contributed by atoms with Gasteiger partial charge < -0.3 is 19.4 Å². The molecular weight excluding hydrogens is 374 g/mol. The quantitative estimate of drug-likeness (QED) is 0.597. The molecule has 0 saturated heterocycles. The molecule has 1 aromatic carbocycles. The number of rotatable bonds is 8. The summed E-state index contributed by atoms with van der Waals surface area (Å²) in [6.45, 7) is 3.33. The number of hydrogen-bond acceptors (Lipinski definition) is 6. The monoisotopic (exact) mass is 401 g/mol. The first-order valence-corrected chi connectivity index (χ1v) is 9.42. The van der Waals surface area contributed by atoms with E-state index in [4.69, 9.17) is 9.47 Å². The number of aryl methyl sites for hydroxylation is 1. The van der Waals surface area contributed by atoms with Crippen LogP contribution < -0.4 is 26.0 Å². The van der Waals surface area contributed by atoms with E-state index < -0.39 is 0 Å². The van der Waals surface area contributed by atoms with Gasteiger partial charge in [0.15, 0.2) is 22.7 Å². The van der Waals surface area contributed by atoms with Gasteiger partial charge >= 0.3 is 5.69 Å². The molecule has 29 heavy (non-hydrogen) atoms. The molecule has 0 spiro atoms. The van der Waals surface area contributed by atoms with Gasteiger partial charge in [-0.2, -0.15) is 0 Å². The Hall–Kier alpha value is -3.07. The summed E-state index contributed by atoms with van der Waals surface area (Å²) < 4.78 is 14.9. The van der Waals surface area contributed by atoms with Crippen LogP contribution in [0.15, 0.2) is 34.1 Å². The minimum atomic E-state index is -0.380. The van der Waals surface area contributed by atoms with Crippen molar-refractivity contribution in [2.45, 2.75) is 25.9 Å². The van der Waals surface area contributed by atoms with E-state index in [2.05, 4.69) is 17.2 Å². The van der Waals surface area contributed by atoms with Crippen molar-refractivity contribution in [2.24, 2.45) is 14.1 Å². The van der Waals surface area contributed by atoms with Gasteiger partial charge in [-0.25, -0.2) is 9.78 Å². The van der Waals surface area contributed by atoms with Gasteiger partial charge in [0.1, 0.15) is 0 Å². The molecule has 0 bridgehead atoms. The molecule has 0 aliphatic rings. The molecule has 1 N–H and O–H groups in total. The lowest BCUT2D eigenvalue weighted by atomic mass is 10.1. The fourth-order valence-electron chi connectivity index (χ4n) is 3.43. The molecule has 1 atom stereocenters. The SMILES string of the molecule is COc1ccc(CC(C)NCCn2cnc3c2c(=O)n(C)c(=O)n3C)cc1OC. The molecule has 2 aromatic heterocycles. The van der Waals surface area contributed by atoms with E-state index in [1.807, 2.05) is 18.2 Å². The number of benzene rings is 1. The Bertz CT molecular complexity index is 1130. The van der Waals surface area contributed by atoms with Crippen molar-refractivity contribution >= 4 is 11.2 Å². The Morgan fingerprint density at radius 2 is 1.83 bits per heavy atom. The molecule has 0 amide bonds. The molecule has 2 heterocycles. The second-order valence-electron chi connectivity index (χ2n) is 7.06. The number of ether oxygens (including phenoxy) is 2. The van der Waals surface area contributed by atoms with Crippen LogP contribution in [0.3, 0.4) is 0 Å². The normalized spacial score (nSPS) is 12.3. The number of fused-ring (bicyclic) bond motifs is 1. The molecule has 9 nitrogen and oxygen atoms in total. The molecule has 9 heteroatoms. The number of imidazole rings is 1. The molecule has 3 rings (SSSR count). The van der Waals surface area contributed by atoms with Crippen LogP contribution in [0.4, 0.5) is 0 Å². The van der Waals surface area contributed by atoms with Crippen molar-refractivity contribution in [1.29, 1.82) is 0 Å². The van der Waals surface area contributed by atoms with Crippen LogP contribution in [0.2, 0.25) is 0 Å². The molecule has 0 aliphatic heterocycles. The van der Waals surface area contributed by atoms with Gasteiger partial charge in [0, 0.05) is 33.2 Å². The maximum atomic E-state index is 12.5. The van der Waals surface area contributed by atoms with E-state index in [1.54, 1.807) is 32.2 Å². The molecule has 0 saturated carbocycles. The van der Waals surface area contributed by atoms with Crippen LogP contribution in [-0.4, -0.2) is 45.5 Å². The zero-order chi connectivity index (χ0) is 21.1. The third kappa shape index (κ3) is 4.04. The van der Waals surface area contributed by atoms with Gasteiger partial charge in [0.2, 0.25) is 0 Å². The van der Waals surface area contributed by atoms with Crippen molar-refractivity contribution in [2.75, 3.05) is 20.8 Å². The number of methoxy groups -OCH3 is 2. The predicted octanol–water partition coefficient (Wildman–Crippen LogP) is 0.672. The summed E-state index contributed by atoms with van der Waals surface area (Å²) in [6.07, 6.45) is 2.42. The summed E-state index contributed by atoms with van der Waals surface area (Å²) in [5, 5.41) is 3.46. The van der Waals surface area contributed by atoms with Gasteiger partial charge in [-0.1, -0.05) is 6.07 Å². The predicted molar refractivity (Wildman–Crippen MR) is 111 cm³/mol. The smallest absolute Gasteiger partial charge is 0.332 e. The maximum Gasteiger partial charge on any atom is 0.332 e. The lowest BCUT2D eigenvalue weighted by molar-refractivity contribution is 0.354. The van der Waals surface area contributed by atoms with E-state index >= 15 is 0 Å². The standard InChI is InChI=1S/C20H27N5O4/c1-13(10-14-6-7-15(28-4)16(11-14)29-5)21-8-9-25-12-22-18-17(25)19(26)24(3)20(27)23(18)2/h6-7,11-13,21H,8-10H2,1-5H3. The minimum absolute atomic E-state index is 0.218. The van der Waals surface area contributed by atoms with Crippen molar-refractivity contribution in [1.82, 2.24) is 24.0 Å². The molecular formula is C20H27N5O4. The second-order valence-corrected chi connectivity index (χ2v) is 7.06. The highest BCUT2D eigenvalue weighted by Crippen LogP contribution is 2.27. The first-order chi connectivity index (χ1) is 13.9. The molecule has 0 aliphatic carbocycles. The van der Waals surface area contributed by atoms with E-state index in [0.717, 1.165) is 16.6 Å². The van der Waals surface area contributed by atoms with E-state index in [1.165, 1.54) is 11.6 Å². The largest absolute Gasteiger partial charge is 0.493 e. The zero-order valence-corrected chi connectivity index (χ0v) is 17.4. The lowest BCUT2D eigenvalue weighted by Crippen LogP contribution is -2.38. The summed E-state index contributed by atoms with van der Waals surface area (Å²) in [6, 6.07) is 6.12. The molecule has 1 unspecified atom stereocenters. The Balaban J connectivity index is 1.66. The number of hydrogen-bond donors (Lipinski definition) is 1. The van der Waals surface area contributed by atoms with E-state index in [-0.39, 0.29) is 17.3 Å². The van der Waals surface area contributed by atoms with Crippen molar-refractivity contribution in [3.63, 3.8) is 0 Å². The average molecular weight is 401 g/mol. The number of aromatic nitrogens is 4. The van der Waals surface area contributed by atoms with Crippen molar-refractivity contribution < 1.29 is 9.47 Å². The summed E-state index contributed by atoms with van der Waals surface area (Å²) in [5.41, 5.74) is 1.26. The van der Waals surface area contributed by atoms with Crippen molar-refractivity contribution in [3.05, 3.63) is 50.9 Å². The second kappa shape index (κ2) is 8.52. The van der Waals surface area contributed by atoms with Crippen LogP contribution in [0.25, 0.3) is 11.2 Å². The first-order valence-electron chi connectivity index (χ1n) is 9.42. The summed E-state index contributed by atoms with van der Waals surface area (Å²) in [4.78, 5) is 28.7. The van der Waals surface area contributed by atoms with E-state index in [9.17, 15) is 9.59 Å². The maximum absolute atomic E-state index is 12.5. The number of nitrogens with zero attached hydrogens (tertiary/aromatic N) is 4. The topological polar surface area (TPSA) is 92.3 Å². The zero-order valence-electron chi connectivity index (χ0n) is 17.4. The number of nitrogens with one attached hydrogen (secondary N) is 1. The van der Waals surface area contributed by atoms with Crippen LogP contribution >= 0.6 is 0 Å². The molecule has 0 radical (unpaired) electrons. The highest BCUT2D eigenvalue weighted by atomic mass is 16.5. The Kier molecular flexibility index (Phi) is 6.07. The highest BCUT2D eigenvalue weighted by Gasteiger charge is 2.14. The third-order valence-electron chi connectivity index (χ3n) is 5.05. The van der Waals surface area contributed by atoms with Crippen molar-refractivity contribution in [3.8, 4) is 11.5 Å². The first kappa shape index (κ1) is 20.7. The molecule has 0 fully saturated rings. The van der Waals surface area contributed by atoms with Gasteiger partial charge in [0.05, 0.1) is 20.5 Å². The lowest BCUT2D eigenvalue weighted by Gasteiger charge is -2.16. The average Bonchev–Trinajstić information content (AvgIpc) is 3.14. The van der Waals surface area contributed by atoms with E-state index in [0.29, 0.717) is 35.8 Å². The minimum Gasteiger partial charge on any atom is -0.493 e. The van der Waals surface area contributed by atoms with Crippen LogP contribution in [0.1, 0.15) is 12.5 Å².